The highest BCUT2D eigenvalue weighted by Gasteiger charge is 2.31. The molecule has 0 bridgehead atoms. The maximum Gasteiger partial charge on any atom is 0.102 e. The fourth-order valence-electron chi connectivity index (χ4n) is 3.04. The van der Waals surface area contributed by atoms with Crippen LogP contribution < -0.4 is 5.32 Å². The van der Waals surface area contributed by atoms with Crippen molar-refractivity contribution in [1.82, 2.24) is 0 Å². The molecule has 0 aliphatic heterocycles. The van der Waals surface area contributed by atoms with E-state index in [0.717, 1.165) is 41.3 Å². The zero-order valence-electron chi connectivity index (χ0n) is 12.7. The smallest absolute Gasteiger partial charge is 0.102 e. The molecule has 0 aromatic heterocycles. The Balaban J connectivity index is 2.12. The van der Waals surface area contributed by atoms with Crippen molar-refractivity contribution in [2.45, 2.75) is 43.9 Å². The Labute approximate surface area is 131 Å². The van der Waals surface area contributed by atoms with Crippen LogP contribution in [0.5, 0.6) is 0 Å². The van der Waals surface area contributed by atoms with Crippen molar-refractivity contribution in [3.05, 3.63) is 23.8 Å². The first-order valence-corrected chi connectivity index (χ1v) is 8.74. The SMILES string of the molecule is CCSc1cccc(NCC2(CO)CCCCC2)c1C#N. The second kappa shape index (κ2) is 7.72. The molecule has 0 spiro atoms. The van der Waals surface area contributed by atoms with Gasteiger partial charge in [0.25, 0.3) is 0 Å². The molecule has 1 saturated carbocycles. The van der Waals surface area contributed by atoms with Crippen LogP contribution in [0.1, 0.15) is 44.6 Å². The first kappa shape index (κ1) is 16.2. The lowest BCUT2D eigenvalue weighted by Crippen LogP contribution is -2.35. The lowest BCUT2D eigenvalue weighted by molar-refractivity contribution is 0.0944. The van der Waals surface area contributed by atoms with E-state index in [0.29, 0.717) is 0 Å². The maximum atomic E-state index is 9.78. The highest BCUT2D eigenvalue weighted by molar-refractivity contribution is 7.99. The molecule has 0 saturated heterocycles. The van der Waals surface area contributed by atoms with Gasteiger partial charge in [0.05, 0.1) is 17.9 Å². The van der Waals surface area contributed by atoms with Crippen LogP contribution in [0.15, 0.2) is 23.1 Å². The fraction of sp³-hybridized carbons (Fsp3) is 0.588. The summed E-state index contributed by atoms with van der Waals surface area (Å²) in [6.07, 6.45) is 5.80. The molecule has 1 aliphatic carbocycles. The van der Waals surface area contributed by atoms with Gasteiger partial charge in [0, 0.05) is 16.9 Å². The highest BCUT2D eigenvalue weighted by atomic mass is 32.2. The van der Waals surface area contributed by atoms with E-state index in [9.17, 15) is 10.4 Å². The van der Waals surface area contributed by atoms with E-state index in [2.05, 4.69) is 18.3 Å². The molecule has 0 atom stereocenters. The molecule has 0 unspecified atom stereocenters. The third kappa shape index (κ3) is 3.93. The van der Waals surface area contributed by atoms with E-state index in [-0.39, 0.29) is 12.0 Å². The van der Waals surface area contributed by atoms with Crippen LogP contribution >= 0.6 is 11.8 Å². The topological polar surface area (TPSA) is 56.0 Å². The highest BCUT2D eigenvalue weighted by Crippen LogP contribution is 2.36. The largest absolute Gasteiger partial charge is 0.396 e. The third-order valence-corrected chi connectivity index (χ3v) is 5.28. The van der Waals surface area contributed by atoms with Crippen LogP contribution in [0, 0.1) is 16.7 Å². The molecule has 1 aromatic rings. The van der Waals surface area contributed by atoms with Gasteiger partial charge in [-0.15, -0.1) is 11.8 Å². The minimum atomic E-state index is -0.0150. The monoisotopic (exact) mass is 304 g/mol. The van der Waals surface area contributed by atoms with E-state index in [4.69, 9.17) is 0 Å². The molecule has 2 N–H and O–H groups in total. The minimum Gasteiger partial charge on any atom is -0.396 e. The standard InChI is InChI=1S/C17H24N2OS/c1-2-21-16-8-6-7-15(14(16)11-18)19-12-17(13-20)9-4-3-5-10-17/h6-8,19-20H,2-5,9-10,12-13H2,1H3. The van der Waals surface area contributed by atoms with E-state index in [1.54, 1.807) is 11.8 Å². The molecule has 0 heterocycles. The number of hydrogen-bond donors (Lipinski definition) is 2. The average Bonchev–Trinajstić information content (AvgIpc) is 2.54. The number of aliphatic hydroxyl groups excluding tert-OH is 1. The summed E-state index contributed by atoms with van der Waals surface area (Å²) in [5, 5.41) is 22.6. The van der Waals surface area contributed by atoms with Crippen LogP contribution in [-0.2, 0) is 0 Å². The Hall–Kier alpha value is -1.18. The van der Waals surface area contributed by atoms with E-state index in [1.165, 1.54) is 19.3 Å². The first-order valence-electron chi connectivity index (χ1n) is 7.75. The second-order valence-corrected chi connectivity index (χ2v) is 7.10. The number of rotatable bonds is 6. The van der Waals surface area contributed by atoms with Gasteiger partial charge in [-0.3, -0.25) is 0 Å². The van der Waals surface area contributed by atoms with E-state index < -0.39 is 0 Å². The Morgan fingerprint density at radius 3 is 2.71 bits per heavy atom. The van der Waals surface area contributed by atoms with Crippen molar-refractivity contribution in [1.29, 1.82) is 5.26 Å². The van der Waals surface area contributed by atoms with Crippen molar-refractivity contribution in [2.75, 3.05) is 24.2 Å². The van der Waals surface area contributed by atoms with Crippen LogP contribution in [0.2, 0.25) is 0 Å². The molecule has 114 valence electrons. The van der Waals surface area contributed by atoms with Crippen LogP contribution in [0.25, 0.3) is 0 Å². The minimum absolute atomic E-state index is 0.0150. The van der Waals surface area contributed by atoms with Crippen molar-refractivity contribution in [2.24, 2.45) is 5.41 Å². The zero-order valence-corrected chi connectivity index (χ0v) is 13.5. The van der Waals surface area contributed by atoms with Crippen LogP contribution in [-0.4, -0.2) is 24.0 Å². The van der Waals surface area contributed by atoms with Crippen molar-refractivity contribution in [3.63, 3.8) is 0 Å². The molecule has 2 rings (SSSR count). The third-order valence-electron chi connectivity index (χ3n) is 4.34. The van der Waals surface area contributed by atoms with Gasteiger partial charge < -0.3 is 10.4 Å². The number of nitriles is 1. The number of anilines is 1. The number of nitrogens with zero attached hydrogens (tertiary/aromatic N) is 1. The summed E-state index contributed by atoms with van der Waals surface area (Å²) < 4.78 is 0. The van der Waals surface area contributed by atoms with Crippen LogP contribution in [0.3, 0.4) is 0 Å². The van der Waals surface area contributed by atoms with Gasteiger partial charge in [-0.25, -0.2) is 0 Å². The average molecular weight is 304 g/mol. The predicted octanol–water partition coefficient (Wildman–Crippen LogP) is 4.02. The summed E-state index contributed by atoms with van der Waals surface area (Å²) in [6, 6.07) is 8.28. The van der Waals surface area contributed by atoms with Crippen molar-refractivity contribution >= 4 is 17.4 Å². The molecule has 3 nitrogen and oxygen atoms in total. The van der Waals surface area contributed by atoms with Gasteiger partial charge >= 0.3 is 0 Å². The van der Waals surface area contributed by atoms with Gasteiger partial charge in [0.2, 0.25) is 0 Å². The Morgan fingerprint density at radius 1 is 1.33 bits per heavy atom. The van der Waals surface area contributed by atoms with Crippen molar-refractivity contribution in [3.8, 4) is 6.07 Å². The Bertz CT molecular complexity index is 504. The molecule has 0 radical (unpaired) electrons. The van der Waals surface area contributed by atoms with Crippen molar-refractivity contribution < 1.29 is 5.11 Å². The number of benzene rings is 1. The molecule has 21 heavy (non-hydrogen) atoms. The van der Waals surface area contributed by atoms with E-state index >= 15 is 0 Å². The quantitative estimate of drug-likeness (QED) is 0.779. The lowest BCUT2D eigenvalue weighted by Gasteiger charge is -2.36. The first-order chi connectivity index (χ1) is 10.2. The molecular formula is C17H24N2OS. The predicted molar refractivity (Wildman–Crippen MR) is 88.6 cm³/mol. The summed E-state index contributed by atoms with van der Waals surface area (Å²) in [5.74, 6) is 0.957. The van der Waals surface area contributed by atoms with Crippen LogP contribution in [0.4, 0.5) is 5.69 Å². The number of thioether (sulfide) groups is 1. The Morgan fingerprint density at radius 2 is 2.10 bits per heavy atom. The van der Waals surface area contributed by atoms with Gasteiger partial charge in [-0.1, -0.05) is 32.3 Å². The fourth-order valence-corrected chi connectivity index (χ4v) is 3.83. The molecule has 1 aliphatic rings. The van der Waals surface area contributed by atoms with Gasteiger partial charge in [-0.05, 0) is 30.7 Å². The van der Waals surface area contributed by atoms with Gasteiger partial charge in [-0.2, -0.15) is 5.26 Å². The summed E-state index contributed by atoms with van der Waals surface area (Å²) in [6.45, 7) is 3.07. The Kier molecular flexibility index (Phi) is 5.96. The molecular weight excluding hydrogens is 280 g/mol. The van der Waals surface area contributed by atoms with Gasteiger partial charge in [0.1, 0.15) is 6.07 Å². The number of nitrogens with one attached hydrogen (secondary N) is 1. The summed E-state index contributed by atoms with van der Waals surface area (Å²) >= 11 is 1.70. The summed E-state index contributed by atoms with van der Waals surface area (Å²) in [7, 11) is 0. The molecule has 1 aromatic carbocycles. The van der Waals surface area contributed by atoms with Gasteiger partial charge in [0.15, 0.2) is 0 Å². The molecule has 4 heteroatoms. The number of hydrogen-bond acceptors (Lipinski definition) is 4. The summed E-state index contributed by atoms with van der Waals surface area (Å²) in [4.78, 5) is 1.03. The van der Waals surface area contributed by atoms with E-state index in [1.807, 2.05) is 18.2 Å². The summed E-state index contributed by atoms with van der Waals surface area (Å²) in [5.41, 5.74) is 1.61. The second-order valence-electron chi connectivity index (χ2n) is 5.80. The number of aliphatic hydroxyl groups is 1. The maximum absolute atomic E-state index is 9.78. The normalized spacial score (nSPS) is 17.2. The lowest BCUT2D eigenvalue weighted by atomic mass is 9.74. The molecule has 1 fully saturated rings. The molecule has 0 amide bonds. The zero-order chi connectivity index (χ0) is 15.1.